The van der Waals surface area contributed by atoms with Crippen LogP contribution in [0.25, 0.3) is 0 Å². The third-order valence-corrected chi connectivity index (χ3v) is 5.12. The molecule has 31 heavy (non-hydrogen) atoms. The molecule has 0 saturated carbocycles. The summed E-state index contributed by atoms with van der Waals surface area (Å²) in [5, 5.41) is 3.53. The van der Waals surface area contributed by atoms with E-state index >= 15 is 0 Å². The number of rotatable bonds is 2. The van der Waals surface area contributed by atoms with Crippen molar-refractivity contribution >= 4 is 34.7 Å². The molecule has 1 atom stereocenters. The molecule has 2 N–H and O–H groups in total. The fourth-order valence-electron chi connectivity index (χ4n) is 3.28. The Morgan fingerprint density at radius 2 is 2.00 bits per heavy atom. The second-order valence-electron chi connectivity index (χ2n) is 7.02. The summed E-state index contributed by atoms with van der Waals surface area (Å²) in [6, 6.07) is 3.49. The minimum absolute atomic E-state index is 0.159. The molecule has 1 amide bonds. The molecule has 2 heterocycles. The number of nitrogens with zero attached hydrogens (tertiary/aromatic N) is 4. The molecule has 0 bridgehead atoms. The predicted molar refractivity (Wildman–Crippen MR) is 109 cm³/mol. The molecular weight excluding hydrogens is 438 g/mol. The van der Waals surface area contributed by atoms with Crippen LogP contribution in [-0.4, -0.2) is 39.8 Å². The number of carbonyl (C=O) groups is 1. The van der Waals surface area contributed by atoms with Gasteiger partial charge in [0.1, 0.15) is 11.5 Å². The van der Waals surface area contributed by atoms with Gasteiger partial charge in [0.05, 0.1) is 23.5 Å². The van der Waals surface area contributed by atoms with Gasteiger partial charge in [0, 0.05) is 23.6 Å². The van der Waals surface area contributed by atoms with Crippen molar-refractivity contribution in [2.24, 2.45) is 15.9 Å². The highest BCUT2D eigenvalue weighted by Crippen LogP contribution is 2.32. The largest absolute Gasteiger partial charge is 0.416 e. The lowest BCUT2D eigenvalue weighted by Crippen LogP contribution is -2.51. The van der Waals surface area contributed by atoms with Gasteiger partial charge in [-0.3, -0.25) is 4.79 Å². The van der Waals surface area contributed by atoms with Crippen molar-refractivity contribution < 1.29 is 22.4 Å². The summed E-state index contributed by atoms with van der Waals surface area (Å²) in [6.45, 7) is 3.37. The fourth-order valence-corrected chi connectivity index (χ4v) is 3.51. The van der Waals surface area contributed by atoms with Crippen LogP contribution in [0.2, 0.25) is 5.02 Å². The Morgan fingerprint density at radius 3 is 2.61 bits per heavy atom. The highest BCUT2D eigenvalue weighted by atomic mass is 35.5. The van der Waals surface area contributed by atoms with Gasteiger partial charge in [0.15, 0.2) is 5.82 Å². The number of alkyl halides is 3. The molecule has 6 nitrogen and oxygen atoms in total. The van der Waals surface area contributed by atoms with Gasteiger partial charge < -0.3 is 10.7 Å². The highest BCUT2D eigenvalue weighted by Gasteiger charge is 2.35. The van der Waals surface area contributed by atoms with Gasteiger partial charge in [-0.05, 0) is 43.7 Å². The van der Waals surface area contributed by atoms with E-state index in [1.807, 2.05) is 0 Å². The second kappa shape index (κ2) is 8.62. The number of nitrogens with two attached hydrogens (primary N) is 1. The first kappa shape index (κ1) is 22.7. The Bertz CT molecular complexity index is 1080. The molecule has 1 aliphatic heterocycles. The van der Waals surface area contributed by atoms with Crippen LogP contribution in [0.15, 0.2) is 40.6 Å². The highest BCUT2D eigenvalue weighted by molar-refractivity contribution is 6.45. The molecule has 0 radical (unpaired) electrons. The number of aliphatic imine (C=N–C) groups is 1. The Balaban J connectivity index is 1.90. The number of aryl methyl sites for hydroxylation is 1. The Labute approximate surface area is 180 Å². The molecule has 11 heteroatoms. The monoisotopic (exact) mass is 455 g/mol. The van der Waals surface area contributed by atoms with E-state index in [9.17, 15) is 22.4 Å². The van der Waals surface area contributed by atoms with Crippen LogP contribution in [0.5, 0.6) is 0 Å². The van der Waals surface area contributed by atoms with Gasteiger partial charge in [-0.25, -0.2) is 14.4 Å². The van der Waals surface area contributed by atoms with Crippen molar-refractivity contribution in [3.8, 4) is 0 Å². The lowest BCUT2D eigenvalue weighted by molar-refractivity contribution is -0.137. The van der Waals surface area contributed by atoms with E-state index in [0.29, 0.717) is 11.3 Å². The molecule has 2 aromatic rings. The number of pyridine rings is 1. The van der Waals surface area contributed by atoms with Crippen LogP contribution in [0, 0.1) is 12.7 Å². The molecule has 0 unspecified atom stereocenters. The quantitative estimate of drug-likeness (QED) is 0.410. The van der Waals surface area contributed by atoms with Crippen molar-refractivity contribution in [1.29, 1.82) is 0 Å². The first-order valence-electron chi connectivity index (χ1n) is 9.18. The molecule has 3 rings (SSSR count). The SMILES string of the molecule is Cc1cc(N=C2CCN(C(=O)c3cc(Cl)cc(C(F)(F)F)c3)[C@@H](C)C2=NN)ncc1F. The van der Waals surface area contributed by atoms with Crippen molar-refractivity contribution in [1.82, 2.24) is 9.88 Å². The maximum atomic E-state index is 13.4. The molecule has 1 fully saturated rings. The molecule has 164 valence electrons. The van der Waals surface area contributed by atoms with Crippen LogP contribution in [0.3, 0.4) is 0 Å². The topological polar surface area (TPSA) is 83.9 Å². The number of piperidine rings is 1. The van der Waals surface area contributed by atoms with Gasteiger partial charge in [0.2, 0.25) is 0 Å². The summed E-state index contributed by atoms with van der Waals surface area (Å²) >= 11 is 5.80. The van der Waals surface area contributed by atoms with Gasteiger partial charge in [-0.15, -0.1) is 0 Å². The maximum absolute atomic E-state index is 13.4. The number of likely N-dealkylation sites (tertiary alicyclic amines) is 1. The first-order valence-corrected chi connectivity index (χ1v) is 9.55. The van der Waals surface area contributed by atoms with E-state index in [1.165, 1.54) is 17.0 Å². The molecule has 1 aliphatic rings. The summed E-state index contributed by atoms with van der Waals surface area (Å²) in [5.74, 6) is 4.66. The number of carbonyl (C=O) groups excluding carboxylic acids is 1. The number of halogens is 5. The average molecular weight is 456 g/mol. The molecule has 0 spiro atoms. The van der Waals surface area contributed by atoms with E-state index in [0.717, 1.165) is 18.3 Å². The third kappa shape index (κ3) is 4.84. The Morgan fingerprint density at radius 1 is 1.29 bits per heavy atom. The number of hydrogen-bond acceptors (Lipinski definition) is 5. The predicted octanol–water partition coefficient (Wildman–Crippen LogP) is 4.52. The van der Waals surface area contributed by atoms with Crippen LogP contribution in [0.4, 0.5) is 23.4 Å². The summed E-state index contributed by atoms with van der Waals surface area (Å²) in [6.07, 6.45) is -3.36. The fraction of sp³-hybridized carbons (Fsp3) is 0.300. The van der Waals surface area contributed by atoms with Gasteiger partial charge in [-0.1, -0.05) is 11.6 Å². The van der Waals surface area contributed by atoms with E-state index in [1.54, 1.807) is 13.8 Å². The summed E-state index contributed by atoms with van der Waals surface area (Å²) < 4.78 is 52.7. The molecular formula is C20H18ClF4N5O. The van der Waals surface area contributed by atoms with Crippen molar-refractivity contribution in [2.45, 2.75) is 32.5 Å². The molecule has 1 aromatic heterocycles. The van der Waals surface area contributed by atoms with Gasteiger partial charge in [-0.2, -0.15) is 18.3 Å². The van der Waals surface area contributed by atoms with Crippen LogP contribution >= 0.6 is 11.6 Å². The van der Waals surface area contributed by atoms with E-state index in [-0.39, 0.29) is 35.1 Å². The van der Waals surface area contributed by atoms with Crippen molar-refractivity contribution in [2.75, 3.05) is 6.54 Å². The number of benzene rings is 1. The molecule has 0 aliphatic carbocycles. The second-order valence-corrected chi connectivity index (χ2v) is 7.45. The summed E-state index contributed by atoms with van der Waals surface area (Å²) in [4.78, 5) is 22.6. The van der Waals surface area contributed by atoms with Crippen molar-refractivity contribution in [3.05, 3.63) is 58.0 Å². The number of hydrazone groups is 1. The first-order chi connectivity index (χ1) is 14.5. The summed E-state index contributed by atoms with van der Waals surface area (Å²) in [7, 11) is 0. The Hall–Kier alpha value is -3.01. The molecule has 1 aromatic carbocycles. The van der Waals surface area contributed by atoms with Gasteiger partial charge in [0.25, 0.3) is 5.91 Å². The zero-order valence-corrected chi connectivity index (χ0v) is 17.3. The zero-order chi connectivity index (χ0) is 22.9. The molecule has 1 saturated heterocycles. The summed E-state index contributed by atoms with van der Waals surface area (Å²) in [5.41, 5.74) is -0.108. The lowest BCUT2D eigenvalue weighted by atomic mass is 9.97. The number of aromatic nitrogens is 1. The third-order valence-electron chi connectivity index (χ3n) is 4.90. The van der Waals surface area contributed by atoms with E-state index in [2.05, 4.69) is 15.1 Å². The standard InChI is InChI=1S/C20H18ClF4N5O/c1-10-5-17(27-9-15(10)22)28-16-3-4-30(11(2)18(16)29-26)19(31)12-6-13(20(23,24)25)8-14(21)7-12/h5-9,11H,3-4,26H2,1-2H3/t11-/m0/s1. The number of hydrogen-bond donors (Lipinski definition) is 1. The minimum Gasteiger partial charge on any atom is -0.330 e. The van der Waals surface area contributed by atoms with E-state index in [4.69, 9.17) is 17.4 Å². The lowest BCUT2D eigenvalue weighted by Gasteiger charge is -2.35. The van der Waals surface area contributed by atoms with Gasteiger partial charge >= 0.3 is 6.18 Å². The van der Waals surface area contributed by atoms with Crippen LogP contribution in [-0.2, 0) is 6.18 Å². The van der Waals surface area contributed by atoms with E-state index < -0.39 is 29.5 Å². The van der Waals surface area contributed by atoms with Crippen molar-refractivity contribution in [3.63, 3.8) is 0 Å². The minimum atomic E-state index is -4.64. The van der Waals surface area contributed by atoms with Crippen LogP contribution < -0.4 is 5.84 Å². The van der Waals surface area contributed by atoms with Crippen LogP contribution in [0.1, 0.15) is 34.8 Å². The zero-order valence-electron chi connectivity index (χ0n) is 16.5. The normalized spacial score (nSPS) is 19.8. The number of amides is 1. The maximum Gasteiger partial charge on any atom is 0.416 e. The Kier molecular flexibility index (Phi) is 6.30. The smallest absolute Gasteiger partial charge is 0.330 e. The average Bonchev–Trinajstić information content (AvgIpc) is 2.69.